The van der Waals surface area contributed by atoms with Crippen molar-refractivity contribution < 1.29 is 52.8 Å². The molecule has 3 unspecified atom stereocenters. The minimum Gasteiger partial charge on any atom is -0.508 e. The number of hydrogen-bond acceptors (Lipinski definition) is 16. The number of aryl methyl sites for hydroxylation is 3. The SMILES string of the molecule is CCOC(C)(C)CCn1cc(C)nn1.CCc1c2c(nc3ccc(O)cc13)-c1cc3c(c(=O)n1C2)COC(=O)C3(CC)OC(=O)OCC(NC(=O)C(CCCCN)NC(=O)COCC(=O)NC(C)C)C(C)C. The minimum absolute atomic E-state index is 0.0748. The maximum Gasteiger partial charge on any atom is 0.509 e. The summed E-state index contributed by atoms with van der Waals surface area (Å²) in [6.07, 6.45) is 3.60. The Morgan fingerprint density at radius 2 is 1.71 bits per heavy atom. The number of nitrogens with two attached hydrogens (primary N) is 1. The zero-order valence-corrected chi connectivity index (χ0v) is 43.3. The molecule has 0 saturated heterocycles. The molecule has 3 aromatic heterocycles. The molecule has 0 radical (unpaired) electrons. The quantitative estimate of drug-likeness (QED) is 0.0442. The number of benzene rings is 1. The fourth-order valence-electron chi connectivity index (χ4n) is 8.67. The van der Waals surface area contributed by atoms with Gasteiger partial charge in [0.25, 0.3) is 5.56 Å². The highest BCUT2D eigenvalue weighted by atomic mass is 16.7. The average molecular weight is 1000 g/mol. The molecule has 394 valence electrons. The number of aromatic nitrogens is 5. The van der Waals surface area contributed by atoms with Gasteiger partial charge in [-0.05, 0) is 122 Å². The molecule has 21 heteroatoms. The number of aromatic hydroxyl groups is 1. The summed E-state index contributed by atoms with van der Waals surface area (Å²) < 4.78 is 31.0. The van der Waals surface area contributed by atoms with Gasteiger partial charge in [0, 0.05) is 41.9 Å². The lowest BCUT2D eigenvalue weighted by molar-refractivity contribution is -0.175. The van der Waals surface area contributed by atoms with E-state index >= 15 is 0 Å². The van der Waals surface area contributed by atoms with Gasteiger partial charge in [-0.25, -0.2) is 14.6 Å². The van der Waals surface area contributed by atoms with Crippen LogP contribution in [0.5, 0.6) is 5.75 Å². The van der Waals surface area contributed by atoms with Crippen molar-refractivity contribution in [3.63, 3.8) is 0 Å². The van der Waals surface area contributed by atoms with Crippen LogP contribution in [0.3, 0.4) is 0 Å². The number of rotatable bonds is 23. The minimum atomic E-state index is -2.02. The first-order chi connectivity index (χ1) is 34.2. The molecule has 0 aliphatic carbocycles. The monoisotopic (exact) mass is 1000 g/mol. The van der Waals surface area contributed by atoms with Gasteiger partial charge in [0.15, 0.2) is 0 Å². The number of ether oxygens (including phenoxy) is 5. The molecule has 0 spiro atoms. The van der Waals surface area contributed by atoms with Gasteiger partial charge >= 0.3 is 12.1 Å². The Balaban J connectivity index is 0.000000592. The molecule has 5 heterocycles. The van der Waals surface area contributed by atoms with Gasteiger partial charge in [-0.3, -0.25) is 23.9 Å². The number of phenols is 1. The third-order valence-electron chi connectivity index (χ3n) is 12.5. The van der Waals surface area contributed by atoms with Crippen LogP contribution >= 0.6 is 0 Å². The summed E-state index contributed by atoms with van der Waals surface area (Å²) in [5, 5.41) is 27.0. The first-order valence-corrected chi connectivity index (χ1v) is 24.8. The number of phenolic OH excluding ortho intramolecular Hbond substituents is 1. The van der Waals surface area contributed by atoms with Crippen LogP contribution in [-0.4, -0.2) is 116 Å². The first-order valence-electron chi connectivity index (χ1n) is 24.8. The second-order valence-corrected chi connectivity index (χ2v) is 19.2. The predicted octanol–water partition coefficient (Wildman–Crippen LogP) is 4.60. The second-order valence-electron chi connectivity index (χ2n) is 19.2. The van der Waals surface area contributed by atoms with E-state index in [4.69, 9.17) is 34.4 Å². The van der Waals surface area contributed by atoms with Crippen LogP contribution in [-0.2, 0) is 74.6 Å². The van der Waals surface area contributed by atoms with Crippen molar-refractivity contribution in [2.75, 3.05) is 33.0 Å². The van der Waals surface area contributed by atoms with E-state index in [0.717, 1.165) is 41.8 Å². The lowest BCUT2D eigenvalue weighted by Gasteiger charge is -2.35. The Labute approximate surface area is 420 Å². The van der Waals surface area contributed by atoms with Gasteiger partial charge in [0.05, 0.1) is 46.3 Å². The largest absolute Gasteiger partial charge is 0.509 e. The molecule has 6 N–H and O–H groups in total. The van der Waals surface area contributed by atoms with Crippen LogP contribution < -0.4 is 27.2 Å². The van der Waals surface area contributed by atoms with Gasteiger partial charge in [-0.2, -0.15) is 0 Å². The van der Waals surface area contributed by atoms with Crippen LogP contribution in [0.4, 0.5) is 4.79 Å². The number of hydrogen-bond donors (Lipinski definition) is 5. The van der Waals surface area contributed by atoms with Gasteiger partial charge in [0.1, 0.15) is 38.2 Å². The highest BCUT2D eigenvalue weighted by Crippen LogP contribution is 2.42. The van der Waals surface area contributed by atoms with Crippen LogP contribution in [0, 0.1) is 12.8 Å². The van der Waals surface area contributed by atoms with Gasteiger partial charge in [-0.15, -0.1) is 5.10 Å². The molecule has 2 aliphatic rings. The normalized spacial score (nSPS) is 15.7. The van der Waals surface area contributed by atoms with E-state index in [-0.39, 0.29) is 79.6 Å². The second kappa shape index (κ2) is 25.3. The van der Waals surface area contributed by atoms with Crippen molar-refractivity contribution in [1.82, 2.24) is 40.5 Å². The van der Waals surface area contributed by atoms with Gasteiger partial charge in [-0.1, -0.05) is 32.9 Å². The van der Waals surface area contributed by atoms with Gasteiger partial charge in [0.2, 0.25) is 23.3 Å². The summed E-state index contributed by atoms with van der Waals surface area (Å²) in [7, 11) is 0. The first kappa shape index (κ1) is 56.5. The number of nitrogens with zero attached hydrogens (tertiary/aromatic N) is 5. The molecule has 6 rings (SSSR count). The number of fused-ring (bicyclic) bond motifs is 5. The fraction of sp³-hybridized carbons (Fsp3) is 0.588. The van der Waals surface area contributed by atoms with E-state index in [2.05, 4.69) is 40.1 Å². The summed E-state index contributed by atoms with van der Waals surface area (Å²) in [5.41, 5.74) is 7.80. The molecule has 0 saturated carbocycles. The molecule has 72 heavy (non-hydrogen) atoms. The lowest BCUT2D eigenvalue weighted by Crippen LogP contribution is -2.53. The Morgan fingerprint density at radius 1 is 0.986 bits per heavy atom. The number of esters is 1. The molecule has 2 aliphatic heterocycles. The van der Waals surface area contributed by atoms with Crippen LogP contribution in [0.1, 0.15) is 122 Å². The summed E-state index contributed by atoms with van der Waals surface area (Å²) in [6.45, 7) is 19.7. The van der Waals surface area contributed by atoms with E-state index < -0.39 is 53.8 Å². The Kier molecular flexibility index (Phi) is 19.8. The maximum atomic E-state index is 14.1. The van der Waals surface area contributed by atoms with Crippen molar-refractivity contribution in [2.24, 2.45) is 11.7 Å². The van der Waals surface area contributed by atoms with Crippen LogP contribution in [0.15, 0.2) is 35.3 Å². The van der Waals surface area contributed by atoms with Crippen molar-refractivity contribution in [2.45, 2.75) is 157 Å². The highest BCUT2D eigenvalue weighted by Gasteiger charge is 2.51. The highest BCUT2D eigenvalue weighted by molar-refractivity contribution is 5.91. The van der Waals surface area contributed by atoms with E-state index in [1.807, 2.05) is 31.6 Å². The predicted molar refractivity (Wildman–Crippen MR) is 267 cm³/mol. The zero-order valence-electron chi connectivity index (χ0n) is 43.3. The Morgan fingerprint density at radius 3 is 2.33 bits per heavy atom. The Bertz CT molecular complexity index is 2630. The number of amides is 3. The molecule has 1 aromatic carbocycles. The summed E-state index contributed by atoms with van der Waals surface area (Å²) in [4.78, 5) is 84.1. The number of unbranched alkanes of at least 4 members (excludes halogenated alkanes) is 1. The van der Waals surface area contributed by atoms with Gasteiger partial charge < -0.3 is 55.0 Å². The third-order valence-corrected chi connectivity index (χ3v) is 12.5. The van der Waals surface area contributed by atoms with Crippen LogP contribution in [0.25, 0.3) is 22.3 Å². The number of nitrogens with one attached hydrogen (secondary N) is 3. The summed E-state index contributed by atoms with van der Waals surface area (Å²) in [6, 6.07) is 4.74. The molecule has 0 bridgehead atoms. The molecular weight excluding hydrogens is 931 g/mol. The third kappa shape index (κ3) is 14.2. The van der Waals surface area contributed by atoms with E-state index in [1.54, 1.807) is 63.5 Å². The van der Waals surface area contributed by atoms with E-state index in [0.29, 0.717) is 42.7 Å². The zero-order chi connectivity index (χ0) is 52.9. The average Bonchev–Trinajstić information content (AvgIpc) is 3.92. The van der Waals surface area contributed by atoms with Crippen molar-refractivity contribution in [3.05, 3.63) is 68.8 Å². The van der Waals surface area contributed by atoms with Crippen LogP contribution in [0.2, 0.25) is 0 Å². The molecule has 3 atom stereocenters. The maximum absolute atomic E-state index is 14.1. The molecule has 21 nitrogen and oxygen atoms in total. The van der Waals surface area contributed by atoms with Crippen molar-refractivity contribution in [1.29, 1.82) is 0 Å². The lowest BCUT2D eigenvalue weighted by atomic mass is 9.85. The molecule has 0 fully saturated rings. The molecule has 4 aromatic rings. The van der Waals surface area contributed by atoms with Crippen molar-refractivity contribution in [3.8, 4) is 17.1 Å². The number of cyclic esters (lactones) is 1. The number of pyridine rings is 2. The van der Waals surface area contributed by atoms with Crippen molar-refractivity contribution >= 4 is 40.7 Å². The Hall–Kier alpha value is -6.45. The smallest absolute Gasteiger partial charge is 0.508 e. The fourth-order valence-corrected chi connectivity index (χ4v) is 8.67. The number of carbonyl (C=O) groups excluding carboxylic acids is 5. The van der Waals surface area contributed by atoms with E-state index in [9.17, 15) is 33.9 Å². The molecular formula is C51H73N9O12. The van der Waals surface area contributed by atoms with E-state index in [1.165, 1.54) is 0 Å². The molecule has 3 amide bonds. The summed E-state index contributed by atoms with van der Waals surface area (Å²) >= 11 is 0. The summed E-state index contributed by atoms with van der Waals surface area (Å²) in [5.74, 6) is -2.54. The standard InChI is InChI=1S/C41H54N6O11.C10H19N3O/c1-7-25-26-15-24(48)12-13-30(26)45-36-27(25)17-47-33(36)16-29-28(38(47)52)18-56-39(53)41(29,8-2)58-40(54)57-19-32(22(3)4)46-37(51)31(11-9-10-14-42)44-35(50)21-55-20-34(49)43-23(5)6;1-5-14-10(3,4)6-7-13-8-9(2)11-12-13/h12-13,15-16,22-23,31-32,48H,7-11,14,17-21,42H2,1-6H3,(H,43,49)(H,44,50)(H,46,51);8H,5-7H2,1-4H3. The topological polar surface area (TPSA) is 279 Å². The number of carbonyl (C=O) groups is 5.